The molecular formula is C14H18BrFN2S. The molecule has 3 N–H and O–H groups in total. The maximum Gasteiger partial charge on any atom is 0.161 e. The van der Waals surface area contributed by atoms with Gasteiger partial charge in [0.2, 0.25) is 0 Å². The van der Waals surface area contributed by atoms with Gasteiger partial charge in [0.05, 0.1) is 10.2 Å². The van der Waals surface area contributed by atoms with Crippen molar-refractivity contribution in [1.29, 1.82) is 0 Å². The van der Waals surface area contributed by atoms with E-state index in [-0.39, 0.29) is 10.8 Å². The Labute approximate surface area is 127 Å². The number of hydrogen-bond donors (Lipinski definition) is 2. The van der Waals surface area contributed by atoms with E-state index in [9.17, 15) is 4.39 Å². The summed E-state index contributed by atoms with van der Waals surface area (Å²) in [7, 11) is 0. The summed E-state index contributed by atoms with van der Waals surface area (Å²) in [5.74, 6) is -0.322. The minimum absolute atomic E-state index is 0.196. The number of halogens is 2. The van der Waals surface area contributed by atoms with E-state index in [4.69, 9.17) is 18.0 Å². The second-order valence-corrected chi connectivity index (χ2v) is 6.49. The van der Waals surface area contributed by atoms with Gasteiger partial charge in [0.1, 0.15) is 4.99 Å². The fourth-order valence-corrected chi connectivity index (χ4v) is 3.24. The molecule has 19 heavy (non-hydrogen) atoms. The Kier molecular flexibility index (Phi) is 4.46. The first-order valence-corrected chi connectivity index (χ1v) is 7.71. The van der Waals surface area contributed by atoms with Gasteiger partial charge in [0, 0.05) is 12.1 Å². The fourth-order valence-electron chi connectivity index (χ4n) is 2.38. The van der Waals surface area contributed by atoms with Crippen LogP contribution in [0.4, 0.5) is 10.1 Å². The normalized spacial score (nSPS) is 16.2. The Balaban J connectivity index is 2.09. The zero-order chi connectivity index (χ0) is 14.0. The van der Waals surface area contributed by atoms with Crippen molar-refractivity contribution in [3.05, 3.63) is 28.0 Å². The Hall–Kier alpha value is -0.680. The summed E-state index contributed by atoms with van der Waals surface area (Å²) >= 11 is 8.10. The van der Waals surface area contributed by atoms with Crippen molar-refractivity contribution >= 4 is 38.8 Å². The molecule has 0 atom stereocenters. The topological polar surface area (TPSA) is 38.0 Å². The molecule has 0 aliphatic heterocycles. The minimum atomic E-state index is -0.322. The molecule has 2 nitrogen and oxygen atoms in total. The molecular weight excluding hydrogens is 327 g/mol. The van der Waals surface area contributed by atoms with Crippen molar-refractivity contribution in [3.8, 4) is 0 Å². The highest BCUT2D eigenvalue weighted by Crippen LogP contribution is 2.49. The van der Waals surface area contributed by atoms with E-state index < -0.39 is 0 Å². The molecule has 0 radical (unpaired) electrons. The lowest BCUT2D eigenvalue weighted by Crippen LogP contribution is -2.17. The highest BCUT2D eigenvalue weighted by atomic mass is 79.9. The van der Waals surface area contributed by atoms with Gasteiger partial charge in [-0.25, -0.2) is 4.39 Å². The van der Waals surface area contributed by atoms with E-state index in [0.29, 0.717) is 21.1 Å². The number of hydrogen-bond acceptors (Lipinski definition) is 2. The highest BCUT2D eigenvalue weighted by molar-refractivity contribution is 9.10. The van der Waals surface area contributed by atoms with Gasteiger partial charge in [-0.05, 0) is 52.7 Å². The zero-order valence-electron chi connectivity index (χ0n) is 10.9. The second-order valence-electron chi connectivity index (χ2n) is 5.26. The monoisotopic (exact) mass is 344 g/mol. The SMILES string of the molecule is CCCC1(CNc2ccc(C(N)=S)c(Br)c2F)CC1. The number of thiocarbonyl (C=S) groups is 1. The van der Waals surface area contributed by atoms with E-state index >= 15 is 0 Å². The smallest absolute Gasteiger partial charge is 0.161 e. The molecule has 1 fully saturated rings. The van der Waals surface area contributed by atoms with Gasteiger partial charge < -0.3 is 11.1 Å². The van der Waals surface area contributed by atoms with Crippen LogP contribution in [0.5, 0.6) is 0 Å². The van der Waals surface area contributed by atoms with Gasteiger partial charge in [0.15, 0.2) is 5.82 Å². The molecule has 0 aromatic heterocycles. The van der Waals surface area contributed by atoms with Gasteiger partial charge in [-0.15, -0.1) is 0 Å². The second kappa shape index (κ2) is 5.75. The van der Waals surface area contributed by atoms with Gasteiger partial charge in [0.25, 0.3) is 0 Å². The van der Waals surface area contributed by atoms with Crippen LogP contribution in [-0.2, 0) is 0 Å². The number of anilines is 1. The molecule has 5 heteroatoms. The lowest BCUT2D eigenvalue weighted by Gasteiger charge is -2.17. The van der Waals surface area contributed by atoms with Crippen LogP contribution in [0.2, 0.25) is 0 Å². The molecule has 1 saturated carbocycles. The maximum absolute atomic E-state index is 14.2. The first kappa shape index (κ1) is 14.7. The van der Waals surface area contributed by atoms with Gasteiger partial charge in [-0.1, -0.05) is 25.6 Å². The Bertz CT molecular complexity index is 500. The van der Waals surface area contributed by atoms with E-state index in [1.807, 2.05) is 0 Å². The van der Waals surface area contributed by atoms with Crippen LogP contribution in [0, 0.1) is 11.2 Å². The Morgan fingerprint density at radius 2 is 2.21 bits per heavy atom. The summed E-state index contributed by atoms with van der Waals surface area (Å²) in [6, 6.07) is 3.45. The van der Waals surface area contributed by atoms with E-state index in [1.54, 1.807) is 12.1 Å². The van der Waals surface area contributed by atoms with E-state index in [2.05, 4.69) is 28.2 Å². The van der Waals surface area contributed by atoms with Gasteiger partial charge in [-0.2, -0.15) is 0 Å². The largest absolute Gasteiger partial charge is 0.389 e. The fraction of sp³-hybridized carbons (Fsp3) is 0.500. The summed E-state index contributed by atoms with van der Waals surface area (Å²) in [6.07, 6.45) is 4.85. The van der Waals surface area contributed by atoms with Crippen molar-refractivity contribution in [3.63, 3.8) is 0 Å². The van der Waals surface area contributed by atoms with Gasteiger partial charge in [-0.3, -0.25) is 0 Å². The Morgan fingerprint density at radius 3 is 2.74 bits per heavy atom. The molecule has 0 saturated heterocycles. The van der Waals surface area contributed by atoms with Crippen LogP contribution in [-0.4, -0.2) is 11.5 Å². The number of nitrogens with one attached hydrogen (secondary N) is 1. The summed E-state index contributed by atoms with van der Waals surface area (Å²) in [5, 5.41) is 3.22. The van der Waals surface area contributed by atoms with Crippen molar-refractivity contribution < 1.29 is 4.39 Å². The van der Waals surface area contributed by atoms with Crippen LogP contribution in [0.15, 0.2) is 16.6 Å². The maximum atomic E-state index is 14.2. The molecule has 0 amide bonds. The predicted octanol–water partition coefficient (Wildman–Crippen LogP) is 4.21. The summed E-state index contributed by atoms with van der Waals surface area (Å²) in [6.45, 7) is 3.02. The third-order valence-electron chi connectivity index (χ3n) is 3.74. The average Bonchev–Trinajstić information content (AvgIpc) is 3.11. The average molecular weight is 345 g/mol. The molecule has 0 bridgehead atoms. The number of rotatable bonds is 6. The molecule has 2 rings (SSSR count). The molecule has 104 valence electrons. The first-order valence-electron chi connectivity index (χ1n) is 6.51. The summed E-state index contributed by atoms with van der Waals surface area (Å²) in [5.41, 5.74) is 6.97. The zero-order valence-corrected chi connectivity index (χ0v) is 13.3. The summed E-state index contributed by atoms with van der Waals surface area (Å²) < 4.78 is 14.5. The summed E-state index contributed by atoms with van der Waals surface area (Å²) in [4.78, 5) is 0.196. The lowest BCUT2D eigenvalue weighted by molar-refractivity contribution is 0.484. The molecule has 1 aromatic rings. The van der Waals surface area contributed by atoms with Crippen LogP contribution < -0.4 is 11.1 Å². The lowest BCUT2D eigenvalue weighted by atomic mass is 10.0. The van der Waals surface area contributed by atoms with Crippen molar-refractivity contribution in [2.75, 3.05) is 11.9 Å². The standard InChI is InChI=1S/C14H18BrFN2S/c1-2-5-14(6-7-14)8-18-10-4-3-9(13(17)19)11(15)12(10)16/h3-4,18H,2,5-8H2,1H3,(H2,17,19). The van der Waals surface area contributed by atoms with Crippen LogP contribution >= 0.6 is 28.1 Å². The molecule has 1 aromatic carbocycles. The van der Waals surface area contributed by atoms with Crippen molar-refractivity contribution in [2.45, 2.75) is 32.6 Å². The molecule has 0 heterocycles. The Morgan fingerprint density at radius 1 is 1.53 bits per heavy atom. The van der Waals surface area contributed by atoms with Crippen molar-refractivity contribution in [1.82, 2.24) is 0 Å². The minimum Gasteiger partial charge on any atom is -0.389 e. The van der Waals surface area contributed by atoms with Gasteiger partial charge >= 0.3 is 0 Å². The quantitative estimate of drug-likeness (QED) is 0.759. The molecule has 1 aliphatic rings. The third-order valence-corrected chi connectivity index (χ3v) is 4.73. The van der Waals surface area contributed by atoms with Crippen LogP contribution in [0.1, 0.15) is 38.2 Å². The predicted molar refractivity (Wildman–Crippen MR) is 85.1 cm³/mol. The third kappa shape index (κ3) is 3.26. The number of nitrogens with two attached hydrogens (primary N) is 1. The molecule has 0 unspecified atom stereocenters. The van der Waals surface area contributed by atoms with Crippen molar-refractivity contribution in [2.24, 2.45) is 11.1 Å². The van der Waals surface area contributed by atoms with Crippen LogP contribution in [0.25, 0.3) is 0 Å². The number of benzene rings is 1. The van der Waals surface area contributed by atoms with E-state index in [1.165, 1.54) is 25.7 Å². The molecule has 0 spiro atoms. The first-order chi connectivity index (χ1) is 8.99. The van der Waals surface area contributed by atoms with Crippen LogP contribution in [0.3, 0.4) is 0 Å². The highest BCUT2D eigenvalue weighted by Gasteiger charge is 2.41. The molecule has 1 aliphatic carbocycles. The van der Waals surface area contributed by atoms with E-state index in [0.717, 1.165) is 6.54 Å².